The zero-order valence-corrected chi connectivity index (χ0v) is 13.2. The van der Waals surface area contributed by atoms with Crippen LogP contribution in [0.15, 0.2) is 24.3 Å². The minimum absolute atomic E-state index is 0.0587. The molecule has 1 N–H and O–H groups in total. The Hall–Kier alpha value is -1.35. The van der Waals surface area contributed by atoms with Crippen LogP contribution in [0.25, 0.3) is 0 Å². The third-order valence-corrected chi connectivity index (χ3v) is 5.09. The van der Waals surface area contributed by atoms with Gasteiger partial charge in [0.2, 0.25) is 5.91 Å². The monoisotopic (exact) mass is 286 g/mol. The van der Waals surface area contributed by atoms with E-state index in [9.17, 15) is 4.79 Å². The molecular formula is C18H26N2O. The van der Waals surface area contributed by atoms with Gasteiger partial charge in [-0.2, -0.15) is 0 Å². The van der Waals surface area contributed by atoms with Crippen molar-refractivity contribution in [1.82, 2.24) is 10.2 Å². The zero-order valence-electron chi connectivity index (χ0n) is 13.2. The predicted octanol–water partition coefficient (Wildman–Crippen LogP) is 3.54. The van der Waals surface area contributed by atoms with E-state index in [1.165, 1.54) is 24.0 Å². The minimum Gasteiger partial charge on any atom is -0.321 e. The maximum absolute atomic E-state index is 13.0. The molecule has 0 radical (unpaired) electrons. The first-order valence-electron chi connectivity index (χ1n) is 8.32. The van der Waals surface area contributed by atoms with E-state index in [1.807, 2.05) is 0 Å². The van der Waals surface area contributed by atoms with Gasteiger partial charge in [-0.15, -0.1) is 0 Å². The third-order valence-electron chi connectivity index (χ3n) is 5.09. The molecule has 1 unspecified atom stereocenters. The number of amides is 1. The molecule has 1 amide bonds. The maximum Gasteiger partial charge on any atom is 0.244 e. The molecule has 1 aromatic rings. The number of nitrogens with one attached hydrogen (secondary N) is 1. The maximum atomic E-state index is 13.0. The van der Waals surface area contributed by atoms with Crippen LogP contribution in [0.5, 0.6) is 0 Å². The largest absolute Gasteiger partial charge is 0.321 e. The van der Waals surface area contributed by atoms with Crippen LogP contribution in [-0.4, -0.2) is 22.9 Å². The Morgan fingerprint density at radius 3 is 2.67 bits per heavy atom. The molecule has 1 atom stereocenters. The molecule has 1 aromatic carbocycles. The first-order chi connectivity index (χ1) is 10.2. The minimum atomic E-state index is -0.277. The van der Waals surface area contributed by atoms with Gasteiger partial charge in [-0.05, 0) is 37.3 Å². The Balaban J connectivity index is 1.93. The topological polar surface area (TPSA) is 32.3 Å². The van der Waals surface area contributed by atoms with Gasteiger partial charge in [0.15, 0.2) is 0 Å². The van der Waals surface area contributed by atoms with Gasteiger partial charge >= 0.3 is 0 Å². The first kappa shape index (κ1) is 14.6. The second kappa shape index (κ2) is 5.80. The number of rotatable bonds is 4. The quantitative estimate of drug-likeness (QED) is 0.918. The smallest absolute Gasteiger partial charge is 0.244 e. The average molecular weight is 286 g/mol. The van der Waals surface area contributed by atoms with Crippen molar-refractivity contribution in [3.63, 3.8) is 0 Å². The van der Waals surface area contributed by atoms with Gasteiger partial charge < -0.3 is 4.90 Å². The van der Waals surface area contributed by atoms with E-state index in [4.69, 9.17) is 0 Å². The first-order valence-corrected chi connectivity index (χ1v) is 8.32. The highest BCUT2D eigenvalue weighted by molar-refractivity contribution is 5.89. The molecule has 1 heterocycles. The molecule has 1 aliphatic heterocycles. The highest BCUT2D eigenvalue weighted by Crippen LogP contribution is 2.41. The summed E-state index contributed by atoms with van der Waals surface area (Å²) >= 11 is 0. The highest BCUT2D eigenvalue weighted by atomic mass is 16.2. The lowest BCUT2D eigenvalue weighted by Crippen LogP contribution is -2.44. The van der Waals surface area contributed by atoms with Gasteiger partial charge in [-0.25, -0.2) is 0 Å². The Labute approximate surface area is 127 Å². The Kier molecular flexibility index (Phi) is 4.03. The summed E-state index contributed by atoms with van der Waals surface area (Å²) < 4.78 is 0. The summed E-state index contributed by atoms with van der Waals surface area (Å²) in [5.41, 5.74) is 2.24. The standard InChI is InChI=1S/C18H26N2O/c1-3-4-13-20-16(15-10-6-5-9-14(15)2)19-18(17(20)21)11-7-8-12-18/h5-6,9-10,16,19H,3-4,7-8,11-13H2,1-2H3. The lowest BCUT2D eigenvalue weighted by Gasteiger charge is -2.25. The van der Waals surface area contributed by atoms with Crippen LogP contribution in [0.3, 0.4) is 0 Å². The summed E-state index contributed by atoms with van der Waals surface area (Å²) in [5.74, 6) is 0.335. The van der Waals surface area contributed by atoms with Crippen LogP contribution in [0.1, 0.15) is 62.7 Å². The number of carbonyl (C=O) groups excluding carboxylic acids is 1. The lowest BCUT2D eigenvalue weighted by atomic mass is 9.98. The van der Waals surface area contributed by atoms with Crippen LogP contribution in [-0.2, 0) is 4.79 Å². The van der Waals surface area contributed by atoms with Crippen molar-refractivity contribution in [2.75, 3.05) is 6.54 Å². The summed E-state index contributed by atoms with van der Waals surface area (Å²) in [7, 11) is 0. The van der Waals surface area contributed by atoms with Gasteiger partial charge in [0.1, 0.15) is 6.17 Å². The number of benzene rings is 1. The lowest BCUT2D eigenvalue weighted by molar-refractivity contribution is -0.133. The molecule has 1 aliphatic carbocycles. The van der Waals surface area contributed by atoms with Gasteiger partial charge in [-0.1, -0.05) is 50.5 Å². The molecule has 3 nitrogen and oxygen atoms in total. The zero-order chi connectivity index (χ0) is 14.9. The molecule has 0 aromatic heterocycles. The van der Waals surface area contributed by atoms with Gasteiger partial charge in [0.25, 0.3) is 0 Å². The van der Waals surface area contributed by atoms with E-state index >= 15 is 0 Å². The van der Waals surface area contributed by atoms with Gasteiger partial charge in [0, 0.05) is 6.54 Å². The van der Waals surface area contributed by atoms with Crippen molar-refractivity contribution in [3.05, 3.63) is 35.4 Å². The van der Waals surface area contributed by atoms with Crippen LogP contribution < -0.4 is 5.32 Å². The summed E-state index contributed by atoms with van der Waals surface area (Å²) in [4.78, 5) is 15.1. The molecule has 3 heteroatoms. The number of unbranched alkanes of at least 4 members (excludes halogenated alkanes) is 1. The van der Waals surface area contributed by atoms with Crippen LogP contribution >= 0.6 is 0 Å². The molecule has 114 valence electrons. The SMILES string of the molecule is CCCCN1C(=O)C2(CCCC2)NC1c1ccccc1C. The highest BCUT2D eigenvalue weighted by Gasteiger charge is 2.52. The average Bonchev–Trinajstić information content (AvgIpc) is 3.06. The van der Waals surface area contributed by atoms with E-state index in [1.54, 1.807) is 0 Å². The molecule has 1 spiro atoms. The van der Waals surface area contributed by atoms with E-state index in [2.05, 4.69) is 48.3 Å². The fourth-order valence-electron chi connectivity index (χ4n) is 3.83. The molecule has 2 aliphatic rings. The number of aryl methyl sites for hydroxylation is 1. The molecule has 1 saturated heterocycles. The molecular weight excluding hydrogens is 260 g/mol. The number of carbonyl (C=O) groups is 1. The summed E-state index contributed by atoms with van der Waals surface area (Å²) in [6.07, 6.45) is 6.58. The van der Waals surface area contributed by atoms with E-state index < -0.39 is 0 Å². The normalized spacial score (nSPS) is 24.2. The molecule has 2 fully saturated rings. The predicted molar refractivity (Wildman–Crippen MR) is 84.9 cm³/mol. The van der Waals surface area contributed by atoms with Crippen molar-refractivity contribution in [1.29, 1.82) is 0 Å². The van der Waals surface area contributed by atoms with Crippen LogP contribution in [0.2, 0.25) is 0 Å². The molecule has 0 bridgehead atoms. The summed E-state index contributed by atoms with van der Waals surface area (Å²) in [6, 6.07) is 8.44. The van der Waals surface area contributed by atoms with Crippen LogP contribution in [0, 0.1) is 6.92 Å². The van der Waals surface area contributed by atoms with Crippen molar-refractivity contribution < 1.29 is 4.79 Å². The van der Waals surface area contributed by atoms with E-state index in [0.717, 1.165) is 32.2 Å². The molecule has 1 saturated carbocycles. The summed E-state index contributed by atoms with van der Waals surface area (Å²) in [5, 5.41) is 3.71. The van der Waals surface area contributed by atoms with Crippen molar-refractivity contribution >= 4 is 5.91 Å². The fourth-order valence-corrected chi connectivity index (χ4v) is 3.83. The number of hydrogen-bond donors (Lipinski definition) is 1. The second-order valence-electron chi connectivity index (χ2n) is 6.54. The Morgan fingerprint density at radius 1 is 1.29 bits per heavy atom. The van der Waals surface area contributed by atoms with E-state index in [0.29, 0.717) is 5.91 Å². The van der Waals surface area contributed by atoms with Gasteiger partial charge in [0.05, 0.1) is 5.54 Å². The molecule has 3 rings (SSSR count). The Bertz CT molecular complexity index is 520. The van der Waals surface area contributed by atoms with Crippen molar-refractivity contribution in [2.24, 2.45) is 0 Å². The van der Waals surface area contributed by atoms with Crippen molar-refractivity contribution in [2.45, 2.75) is 64.1 Å². The van der Waals surface area contributed by atoms with Crippen molar-refractivity contribution in [3.8, 4) is 0 Å². The second-order valence-corrected chi connectivity index (χ2v) is 6.54. The fraction of sp³-hybridized carbons (Fsp3) is 0.611. The third kappa shape index (κ3) is 2.48. The summed E-state index contributed by atoms with van der Waals surface area (Å²) in [6.45, 7) is 5.18. The van der Waals surface area contributed by atoms with E-state index in [-0.39, 0.29) is 11.7 Å². The number of nitrogens with zero attached hydrogens (tertiary/aromatic N) is 1. The van der Waals surface area contributed by atoms with Crippen LogP contribution in [0.4, 0.5) is 0 Å². The number of hydrogen-bond acceptors (Lipinski definition) is 2. The Morgan fingerprint density at radius 2 is 2.00 bits per heavy atom. The van der Waals surface area contributed by atoms with Gasteiger partial charge in [-0.3, -0.25) is 10.1 Å². The molecule has 21 heavy (non-hydrogen) atoms.